The van der Waals surface area contributed by atoms with Gasteiger partial charge in [0, 0.05) is 12.0 Å². The fraction of sp³-hybridized carbons (Fsp3) is 0.348. The van der Waals surface area contributed by atoms with Gasteiger partial charge in [-0.2, -0.15) is 0 Å². The fourth-order valence-corrected chi connectivity index (χ4v) is 3.08. The number of carbonyl (C=O) groups excluding carboxylic acids is 3. The average Bonchev–Trinajstić information content (AvgIpc) is 2.73. The molecule has 0 saturated carbocycles. The molecule has 0 heterocycles. The van der Waals surface area contributed by atoms with Gasteiger partial charge in [0.05, 0.1) is 12.7 Å². The minimum Gasteiger partial charge on any atom is -0.465 e. The highest BCUT2D eigenvalue weighted by molar-refractivity contribution is 5.92. The second-order valence-corrected chi connectivity index (χ2v) is 7.49. The average molecular weight is 412 g/mol. The van der Waals surface area contributed by atoms with Gasteiger partial charge in [0.1, 0.15) is 5.54 Å². The van der Waals surface area contributed by atoms with Gasteiger partial charge in [0.25, 0.3) is 0 Å². The minimum atomic E-state index is -1.39. The molecule has 0 aliphatic heterocycles. The van der Waals surface area contributed by atoms with E-state index >= 15 is 0 Å². The highest BCUT2D eigenvalue weighted by Gasteiger charge is 2.38. The molecule has 0 bridgehead atoms. The molecular formula is C23H28N2O5. The lowest BCUT2D eigenvalue weighted by atomic mass is 9.83. The molecule has 3 atom stereocenters. The van der Waals surface area contributed by atoms with E-state index in [0.717, 1.165) is 5.56 Å². The maximum Gasteiger partial charge on any atom is 0.415 e. The number of ether oxygens (including phenoxy) is 2. The first-order valence-electron chi connectivity index (χ1n) is 9.69. The van der Waals surface area contributed by atoms with Crippen LogP contribution in [0.2, 0.25) is 0 Å². The molecule has 2 rings (SSSR count). The number of nitrogens with one attached hydrogen (secondary N) is 1. The lowest BCUT2D eigenvalue weighted by molar-refractivity contribution is -0.143. The number of alkyl carbamates (subject to hydrolysis) is 1. The van der Waals surface area contributed by atoms with Crippen molar-refractivity contribution in [3.8, 4) is 0 Å². The van der Waals surface area contributed by atoms with Crippen molar-refractivity contribution in [2.45, 2.75) is 44.7 Å². The number of nitrogens with two attached hydrogens (primary N) is 1. The van der Waals surface area contributed by atoms with Crippen molar-refractivity contribution in [3.05, 3.63) is 71.3 Å². The van der Waals surface area contributed by atoms with Gasteiger partial charge in [0.2, 0.25) is 0 Å². The van der Waals surface area contributed by atoms with E-state index in [1.54, 1.807) is 38.1 Å². The Balaban J connectivity index is 1.98. The second kappa shape index (κ2) is 10.0. The van der Waals surface area contributed by atoms with E-state index in [2.05, 4.69) is 5.32 Å². The molecule has 2 aromatic rings. The fourth-order valence-electron chi connectivity index (χ4n) is 3.08. The number of hydrogen-bond acceptors (Lipinski definition) is 6. The van der Waals surface area contributed by atoms with Crippen LogP contribution in [0.15, 0.2) is 54.6 Å². The number of hydrogen-bond donors (Lipinski definition) is 2. The standard InChI is InChI=1S/C23H28N2O5/c1-15(14-18-12-8-9-13-19(18)20(26)29-4)25-22(28)30-21(27)23(3,24)16(2)17-10-6-5-7-11-17/h5-13,15-16H,14,24H2,1-4H3,(H,25,28)/t15?,16?,23-/m0/s1. The highest BCUT2D eigenvalue weighted by atomic mass is 16.6. The first-order chi connectivity index (χ1) is 14.2. The Morgan fingerprint density at radius 3 is 2.27 bits per heavy atom. The lowest BCUT2D eigenvalue weighted by Crippen LogP contribution is -2.52. The Hall–Kier alpha value is -3.19. The molecule has 160 valence electrons. The minimum absolute atomic E-state index is 0.356. The maximum absolute atomic E-state index is 12.5. The normalized spacial score (nSPS) is 14.7. The van der Waals surface area contributed by atoms with Crippen molar-refractivity contribution in [2.24, 2.45) is 5.73 Å². The van der Waals surface area contributed by atoms with Crippen LogP contribution in [0, 0.1) is 0 Å². The molecule has 30 heavy (non-hydrogen) atoms. The summed E-state index contributed by atoms with van der Waals surface area (Å²) in [5.41, 5.74) is 6.81. The number of benzene rings is 2. The molecule has 2 unspecified atom stereocenters. The van der Waals surface area contributed by atoms with Crippen LogP contribution < -0.4 is 11.1 Å². The summed E-state index contributed by atoms with van der Waals surface area (Å²) in [7, 11) is 1.31. The number of amides is 1. The van der Waals surface area contributed by atoms with Crippen LogP contribution in [0.5, 0.6) is 0 Å². The van der Waals surface area contributed by atoms with Gasteiger partial charge in [0.15, 0.2) is 0 Å². The number of carbonyl (C=O) groups is 3. The summed E-state index contributed by atoms with van der Waals surface area (Å²) in [4.78, 5) is 36.7. The first kappa shape index (κ1) is 23.1. The summed E-state index contributed by atoms with van der Waals surface area (Å²) in [6.07, 6.45) is -0.533. The van der Waals surface area contributed by atoms with E-state index in [1.165, 1.54) is 14.0 Å². The Morgan fingerprint density at radius 2 is 1.63 bits per heavy atom. The smallest absolute Gasteiger partial charge is 0.415 e. The van der Waals surface area contributed by atoms with Crippen molar-refractivity contribution in [1.29, 1.82) is 0 Å². The zero-order chi connectivity index (χ0) is 22.3. The first-order valence-corrected chi connectivity index (χ1v) is 9.69. The summed E-state index contributed by atoms with van der Waals surface area (Å²) in [6.45, 7) is 5.09. The Labute approximate surface area is 176 Å². The van der Waals surface area contributed by atoms with Crippen molar-refractivity contribution >= 4 is 18.0 Å². The Morgan fingerprint density at radius 1 is 1.03 bits per heavy atom. The zero-order valence-corrected chi connectivity index (χ0v) is 17.7. The Bertz CT molecular complexity index is 895. The molecule has 0 aliphatic carbocycles. The van der Waals surface area contributed by atoms with E-state index in [0.29, 0.717) is 17.5 Å². The summed E-state index contributed by atoms with van der Waals surface area (Å²) in [5, 5.41) is 2.60. The molecule has 2 aromatic carbocycles. The van der Waals surface area contributed by atoms with Gasteiger partial charge in [-0.3, -0.25) is 0 Å². The van der Waals surface area contributed by atoms with Crippen LogP contribution in [0.25, 0.3) is 0 Å². The van der Waals surface area contributed by atoms with Crippen molar-refractivity contribution in [1.82, 2.24) is 5.32 Å². The van der Waals surface area contributed by atoms with Gasteiger partial charge in [-0.25, -0.2) is 14.4 Å². The maximum atomic E-state index is 12.5. The number of rotatable bonds is 7. The third kappa shape index (κ3) is 5.67. The van der Waals surface area contributed by atoms with E-state index < -0.39 is 29.6 Å². The van der Waals surface area contributed by atoms with E-state index in [1.807, 2.05) is 30.3 Å². The molecule has 0 radical (unpaired) electrons. The van der Waals surface area contributed by atoms with Gasteiger partial charge < -0.3 is 20.5 Å². The molecule has 0 spiro atoms. The van der Waals surface area contributed by atoms with E-state index in [4.69, 9.17) is 15.2 Å². The van der Waals surface area contributed by atoms with Crippen LogP contribution >= 0.6 is 0 Å². The van der Waals surface area contributed by atoms with Crippen LogP contribution in [-0.4, -0.2) is 36.7 Å². The van der Waals surface area contributed by atoms with Crippen molar-refractivity contribution in [3.63, 3.8) is 0 Å². The van der Waals surface area contributed by atoms with Gasteiger partial charge in [-0.05, 0) is 37.5 Å². The topological polar surface area (TPSA) is 108 Å². The lowest BCUT2D eigenvalue weighted by Gasteiger charge is -2.29. The summed E-state index contributed by atoms with van der Waals surface area (Å²) in [6, 6.07) is 15.9. The predicted molar refractivity (Wildman–Crippen MR) is 113 cm³/mol. The largest absolute Gasteiger partial charge is 0.465 e. The van der Waals surface area contributed by atoms with Gasteiger partial charge in [-0.15, -0.1) is 0 Å². The number of methoxy groups -OCH3 is 1. The summed E-state index contributed by atoms with van der Waals surface area (Å²) < 4.78 is 9.74. The van der Waals surface area contributed by atoms with Crippen LogP contribution in [0.3, 0.4) is 0 Å². The third-order valence-corrected chi connectivity index (χ3v) is 5.14. The monoisotopic (exact) mass is 412 g/mol. The molecule has 0 aliphatic rings. The Kier molecular flexibility index (Phi) is 7.72. The van der Waals surface area contributed by atoms with E-state index in [9.17, 15) is 14.4 Å². The highest BCUT2D eigenvalue weighted by Crippen LogP contribution is 2.27. The number of esters is 2. The molecule has 0 fully saturated rings. The molecule has 0 saturated heterocycles. The predicted octanol–water partition coefficient (Wildman–Crippen LogP) is 3.18. The molecule has 0 aromatic heterocycles. The SMILES string of the molecule is COC(=O)c1ccccc1CC(C)NC(=O)OC(=O)[C@@](C)(N)C(C)c1ccccc1. The van der Waals surface area contributed by atoms with Gasteiger partial charge >= 0.3 is 18.0 Å². The molecule has 7 heteroatoms. The van der Waals surface area contributed by atoms with E-state index in [-0.39, 0.29) is 5.92 Å². The van der Waals surface area contributed by atoms with Gasteiger partial charge in [-0.1, -0.05) is 55.5 Å². The van der Waals surface area contributed by atoms with Crippen LogP contribution in [0.1, 0.15) is 48.2 Å². The van der Waals surface area contributed by atoms with Crippen molar-refractivity contribution < 1.29 is 23.9 Å². The summed E-state index contributed by atoms with van der Waals surface area (Å²) >= 11 is 0. The quantitative estimate of drug-likeness (QED) is 0.534. The van der Waals surface area contributed by atoms with Crippen LogP contribution in [0.4, 0.5) is 4.79 Å². The van der Waals surface area contributed by atoms with Crippen LogP contribution in [-0.2, 0) is 20.7 Å². The second-order valence-electron chi connectivity index (χ2n) is 7.49. The van der Waals surface area contributed by atoms with Crippen molar-refractivity contribution in [2.75, 3.05) is 7.11 Å². The molecular weight excluding hydrogens is 384 g/mol. The molecule has 7 nitrogen and oxygen atoms in total. The molecule has 1 amide bonds. The zero-order valence-electron chi connectivity index (χ0n) is 17.7. The summed E-state index contributed by atoms with van der Waals surface area (Å²) in [5.74, 6) is -1.63. The third-order valence-electron chi connectivity index (χ3n) is 5.14. The molecule has 3 N–H and O–H groups in total.